The Labute approximate surface area is 232 Å². The van der Waals surface area contributed by atoms with Gasteiger partial charge < -0.3 is 10.2 Å². The molecule has 0 amide bonds. The Morgan fingerprint density at radius 3 is 1.37 bits per heavy atom. The van der Waals surface area contributed by atoms with Crippen molar-refractivity contribution in [2.45, 2.75) is 11.2 Å². The van der Waals surface area contributed by atoms with E-state index in [0.717, 1.165) is 11.1 Å². The van der Waals surface area contributed by atoms with Crippen molar-refractivity contribution in [1.82, 2.24) is 0 Å². The van der Waals surface area contributed by atoms with Crippen LogP contribution in [0.15, 0.2) is 108 Å². The Morgan fingerprint density at radius 1 is 0.579 bits per heavy atom. The van der Waals surface area contributed by atoms with E-state index in [4.69, 9.17) is 36.0 Å². The van der Waals surface area contributed by atoms with Gasteiger partial charge in [0.2, 0.25) is 0 Å². The molecule has 0 saturated heterocycles. The van der Waals surface area contributed by atoms with Crippen molar-refractivity contribution in [1.29, 1.82) is 0 Å². The second-order valence-corrected chi connectivity index (χ2v) is 9.79. The molecule has 2 N–H and O–H groups in total. The van der Waals surface area contributed by atoms with Crippen LogP contribution in [0, 0.1) is 24.7 Å². The number of aliphatic hydroxyl groups is 2. The van der Waals surface area contributed by atoms with Gasteiger partial charge in [-0.05, 0) is 35.4 Å². The van der Waals surface area contributed by atoms with Crippen molar-refractivity contribution in [3.8, 4) is 24.7 Å². The SMILES string of the molecule is C#C/C(=C\c1ccccc1)C1(O)c2cccc(Cl)c2C(O)(/C(C#C)=C/c2ccccc2)c2c(Cl)cccc21. The molecule has 4 aromatic rings. The van der Waals surface area contributed by atoms with E-state index in [1.807, 2.05) is 60.7 Å². The summed E-state index contributed by atoms with van der Waals surface area (Å²) in [5, 5.41) is 25.7. The van der Waals surface area contributed by atoms with Gasteiger partial charge in [-0.3, -0.25) is 0 Å². The molecule has 1 aliphatic rings. The van der Waals surface area contributed by atoms with Crippen molar-refractivity contribution in [3.05, 3.63) is 152 Å². The van der Waals surface area contributed by atoms with E-state index in [1.165, 1.54) is 0 Å². The van der Waals surface area contributed by atoms with Gasteiger partial charge in [0.15, 0.2) is 5.60 Å². The van der Waals surface area contributed by atoms with Gasteiger partial charge in [-0.25, -0.2) is 0 Å². The Kier molecular flexibility index (Phi) is 6.77. The first-order chi connectivity index (χ1) is 18.3. The lowest BCUT2D eigenvalue weighted by atomic mass is 9.63. The molecule has 0 heterocycles. The third-order valence-corrected chi connectivity index (χ3v) is 7.47. The molecule has 5 rings (SSSR count). The van der Waals surface area contributed by atoms with E-state index >= 15 is 0 Å². The van der Waals surface area contributed by atoms with Crippen molar-refractivity contribution < 1.29 is 10.2 Å². The highest BCUT2D eigenvalue weighted by Crippen LogP contribution is 2.57. The van der Waals surface area contributed by atoms with Crippen LogP contribution in [0.3, 0.4) is 0 Å². The van der Waals surface area contributed by atoms with Gasteiger partial charge in [0.05, 0.1) is 0 Å². The molecule has 0 atom stereocenters. The smallest absolute Gasteiger partial charge is 0.151 e. The average Bonchev–Trinajstić information content (AvgIpc) is 2.94. The van der Waals surface area contributed by atoms with Gasteiger partial charge in [-0.1, -0.05) is 120 Å². The molecule has 4 aromatic carbocycles. The molecule has 38 heavy (non-hydrogen) atoms. The van der Waals surface area contributed by atoms with Crippen LogP contribution in [-0.4, -0.2) is 10.2 Å². The molecule has 0 radical (unpaired) electrons. The third kappa shape index (κ3) is 3.97. The molecule has 0 saturated carbocycles. The van der Waals surface area contributed by atoms with E-state index in [0.29, 0.717) is 11.1 Å². The maximum absolute atomic E-state index is 12.7. The molecule has 0 bridgehead atoms. The summed E-state index contributed by atoms with van der Waals surface area (Å²) >= 11 is 13.6. The van der Waals surface area contributed by atoms with Gasteiger partial charge in [0.1, 0.15) is 5.60 Å². The highest BCUT2D eigenvalue weighted by Gasteiger charge is 2.54. The van der Waals surface area contributed by atoms with E-state index in [1.54, 1.807) is 48.6 Å². The predicted molar refractivity (Wildman–Crippen MR) is 155 cm³/mol. The molecular weight excluding hydrogens is 511 g/mol. The number of hydrogen-bond donors (Lipinski definition) is 2. The fraction of sp³-hybridized carbons (Fsp3) is 0.0588. The van der Waals surface area contributed by atoms with Crippen molar-refractivity contribution in [2.75, 3.05) is 0 Å². The number of rotatable bonds is 4. The quantitative estimate of drug-likeness (QED) is 0.272. The molecule has 1 aliphatic carbocycles. The van der Waals surface area contributed by atoms with Gasteiger partial charge in [-0.2, -0.15) is 0 Å². The first-order valence-corrected chi connectivity index (χ1v) is 12.6. The first-order valence-electron chi connectivity index (χ1n) is 11.9. The first kappa shape index (κ1) is 25.6. The fourth-order valence-corrected chi connectivity index (χ4v) is 5.77. The number of halogens is 2. The van der Waals surface area contributed by atoms with Crippen molar-refractivity contribution >= 4 is 35.4 Å². The molecule has 2 nitrogen and oxygen atoms in total. The minimum absolute atomic E-state index is 0.208. The molecule has 4 heteroatoms. The second kappa shape index (κ2) is 10.0. The summed E-state index contributed by atoms with van der Waals surface area (Å²) in [6.45, 7) is 0. The van der Waals surface area contributed by atoms with Crippen LogP contribution in [-0.2, 0) is 11.2 Å². The molecule has 0 aromatic heterocycles. The number of benzene rings is 4. The number of terminal acetylenes is 2. The lowest BCUT2D eigenvalue weighted by molar-refractivity contribution is 0.0764. The highest BCUT2D eigenvalue weighted by atomic mass is 35.5. The molecule has 0 spiro atoms. The normalized spacial score (nSPS) is 20.6. The van der Waals surface area contributed by atoms with E-state index in [2.05, 4.69) is 11.8 Å². The predicted octanol–water partition coefficient (Wildman–Crippen LogP) is 7.21. The van der Waals surface area contributed by atoms with Crippen molar-refractivity contribution in [3.63, 3.8) is 0 Å². The molecule has 0 aliphatic heterocycles. The fourth-order valence-electron chi connectivity index (χ4n) is 5.15. The topological polar surface area (TPSA) is 40.5 Å². The molecule has 184 valence electrons. The summed E-state index contributed by atoms with van der Waals surface area (Å²) in [5.74, 6) is 5.34. The van der Waals surface area contributed by atoms with Crippen LogP contribution in [0.4, 0.5) is 0 Å². The summed E-state index contributed by atoms with van der Waals surface area (Å²) in [4.78, 5) is 0. The van der Waals surface area contributed by atoms with Crippen LogP contribution in [0.1, 0.15) is 33.4 Å². The Balaban J connectivity index is 1.90. The zero-order valence-electron chi connectivity index (χ0n) is 20.2. The summed E-state index contributed by atoms with van der Waals surface area (Å²) < 4.78 is 0. The van der Waals surface area contributed by atoms with Crippen LogP contribution >= 0.6 is 23.2 Å². The Bertz CT molecular complexity index is 1620. The summed E-state index contributed by atoms with van der Waals surface area (Å²) in [7, 11) is 0. The summed E-state index contributed by atoms with van der Waals surface area (Å²) in [5.41, 5.74) is -0.684. The van der Waals surface area contributed by atoms with Gasteiger partial charge in [0, 0.05) is 43.4 Å². The zero-order chi connectivity index (χ0) is 26.9. The zero-order valence-corrected chi connectivity index (χ0v) is 21.7. The maximum Gasteiger partial charge on any atom is 0.151 e. The number of fused-ring (bicyclic) bond motifs is 2. The van der Waals surface area contributed by atoms with Gasteiger partial charge >= 0.3 is 0 Å². The lowest BCUT2D eigenvalue weighted by Crippen LogP contribution is -2.45. The summed E-state index contributed by atoms with van der Waals surface area (Å²) in [6, 6.07) is 28.9. The Morgan fingerprint density at radius 2 is 0.974 bits per heavy atom. The van der Waals surface area contributed by atoms with Crippen LogP contribution in [0.25, 0.3) is 12.2 Å². The molecule has 0 unspecified atom stereocenters. The highest BCUT2D eigenvalue weighted by molar-refractivity contribution is 6.33. The standard InChI is InChI=1S/C34H22Cl2O2/c1-3-25(21-23-13-7-5-8-14-23)33(37)27-17-11-19-29(35)31(27)34(38,32-28(33)18-12-20-30(32)36)26(4-2)22-24-15-9-6-10-16-24/h1-2,5-22,37-38H/b25-21+,26-22+. The number of hydrogen-bond acceptors (Lipinski definition) is 2. The monoisotopic (exact) mass is 532 g/mol. The average molecular weight is 533 g/mol. The van der Waals surface area contributed by atoms with E-state index in [-0.39, 0.29) is 32.3 Å². The van der Waals surface area contributed by atoms with Crippen LogP contribution in [0.2, 0.25) is 10.0 Å². The van der Waals surface area contributed by atoms with Gasteiger partial charge in [-0.15, -0.1) is 12.8 Å². The second-order valence-electron chi connectivity index (χ2n) is 8.97. The van der Waals surface area contributed by atoms with Crippen molar-refractivity contribution in [2.24, 2.45) is 0 Å². The minimum atomic E-state index is -1.95. The van der Waals surface area contributed by atoms with E-state index in [9.17, 15) is 10.2 Å². The Hall–Kier alpha value is -4.02. The third-order valence-electron chi connectivity index (χ3n) is 6.84. The van der Waals surface area contributed by atoms with Crippen LogP contribution < -0.4 is 0 Å². The summed E-state index contributed by atoms with van der Waals surface area (Å²) in [6.07, 6.45) is 15.5. The van der Waals surface area contributed by atoms with Gasteiger partial charge in [0.25, 0.3) is 0 Å². The largest absolute Gasteiger partial charge is 0.375 e. The van der Waals surface area contributed by atoms with Crippen LogP contribution in [0.5, 0.6) is 0 Å². The minimum Gasteiger partial charge on any atom is -0.375 e. The lowest BCUT2D eigenvalue weighted by Gasteiger charge is -2.45. The molecular formula is C34H22Cl2O2. The molecule has 0 fully saturated rings. The maximum atomic E-state index is 12.7. The van der Waals surface area contributed by atoms with E-state index < -0.39 is 11.2 Å².